The Balaban J connectivity index is 2.45. The molecule has 0 unspecified atom stereocenters. The van der Waals surface area contributed by atoms with E-state index in [0.717, 1.165) is 16.0 Å². The highest BCUT2D eigenvalue weighted by atomic mass is 79.9. The topological polar surface area (TPSA) is 9.23 Å². The summed E-state index contributed by atoms with van der Waals surface area (Å²) in [6, 6.07) is 6.28. The third-order valence-corrected chi connectivity index (χ3v) is 3.86. The summed E-state index contributed by atoms with van der Waals surface area (Å²) in [4.78, 5) is 0. The molecule has 0 aliphatic rings. The van der Waals surface area contributed by atoms with Gasteiger partial charge in [0.25, 0.3) is 0 Å². The summed E-state index contributed by atoms with van der Waals surface area (Å²) in [5, 5.41) is 0. The van der Waals surface area contributed by atoms with Crippen molar-refractivity contribution in [1.29, 1.82) is 0 Å². The molecule has 0 aromatic heterocycles. The normalized spacial score (nSPS) is 10.3. The van der Waals surface area contributed by atoms with Crippen molar-refractivity contribution in [2.24, 2.45) is 0 Å². The van der Waals surface area contributed by atoms with Crippen molar-refractivity contribution < 1.29 is 4.74 Å². The minimum atomic E-state index is 0.900. The lowest BCUT2D eigenvalue weighted by atomic mass is 10.2. The molecule has 0 atom stereocenters. The lowest BCUT2D eigenvalue weighted by Crippen LogP contribution is -1.87. The molecule has 0 saturated heterocycles. The Bertz CT molecular complexity index is 302. The molecule has 0 N–H and O–H groups in total. The Morgan fingerprint density at radius 2 is 2.20 bits per heavy atom. The zero-order valence-corrected chi connectivity index (χ0v) is 11.7. The van der Waals surface area contributed by atoms with Crippen LogP contribution >= 0.6 is 27.7 Å². The molecule has 0 saturated carbocycles. The third-order valence-electron chi connectivity index (χ3n) is 2.13. The summed E-state index contributed by atoms with van der Waals surface area (Å²) in [7, 11) is 1.69. The first-order valence-electron chi connectivity index (χ1n) is 5.18. The van der Waals surface area contributed by atoms with E-state index in [2.05, 4.69) is 35.0 Å². The van der Waals surface area contributed by atoms with Crippen molar-refractivity contribution in [3.8, 4) is 5.75 Å². The van der Waals surface area contributed by atoms with Crippen molar-refractivity contribution >= 4 is 27.7 Å². The predicted octanol–water partition coefficient (Wildman–Crippen LogP) is 4.49. The maximum Gasteiger partial charge on any atom is 0.133 e. The van der Waals surface area contributed by atoms with Crippen molar-refractivity contribution in [1.82, 2.24) is 0 Å². The molecule has 1 nitrogen and oxygen atoms in total. The van der Waals surface area contributed by atoms with Gasteiger partial charge in [0.15, 0.2) is 0 Å². The molecule has 1 rings (SSSR count). The lowest BCUT2D eigenvalue weighted by Gasteiger charge is -2.06. The van der Waals surface area contributed by atoms with Gasteiger partial charge in [0, 0.05) is 5.75 Å². The van der Waals surface area contributed by atoms with E-state index in [1.807, 2.05) is 17.8 Å². The van der Waals surface area contributed by atoms with Gasteiger partial charge in [-0.15, -0.1) is 0 Å². The Morgan fingerprint density at radius 1 is 1.40 bits per heavy atom. The standard InChI is InChI=1S/C12H17BrOS/c1-3-4-7-15-9-10-5-6-12(14-2)11(13)8-10/h5-6,8H,3-4,7,9H2,1-2H3. The summed E-state index contributed by atoms with van der Waals surface area (Å²) in [5.74, 6) is 3.24. The molecule has 0 amide bonds. The number of hydrogen-bond acceptors (Lipinski definition) is 2. The molecule has 84 valence electrons. The van der Waals surface area contributed by atoms with Crippen molar-refractivity contribution in [3.63, 3.8) is 0 Å². The maximum atomic E-state index is 5.19. The van der Waals surface area contributed by atoms with Crippen LogP contribution in [-0.4, -0.2) is 12.9 Å². The van der Waals surface area contributed by atoms with Gasteiger partial charge >= 0.3 is 0 Å². The summed E-state index contributed by atoms with van der Waals surface area (Å²) in [6.07, 6.45) is 2.58. The zero-order valence-electron chi connectivity index (χ0n) is 9.25. The van der Waals surface area contributed by atoms with Gasteiger partial charge in [-0.25, -0.2) is 0 Å². The fourth-order valence-corrected chi connectivity index (χ4v) is 2.88. The van der Waals surface area contributed by atoms with Crippen LogP contribution in [0.1, 0.15) is 25.3 Å². The Morgan fingerprint density at radius 3 is 2.80 bits per heavy atom. The summed E-state index contributed by atoms with van der Waals surface area (Å²) in [6.45, 7) is 2.23. The summed E-state index contributed by atoms with van der Waals surface area (Å²) < 4.78 is 6.23. The monoisotopic (exact) mass is 288 g/mol. The van der Waals surface area contributed by atoms with E-state index < -0.39 is 0 Å². The van der Waals surface area contributed by atoms with Gasteiger partial charge in [-0.3, -0.25) is 0 Å². The molecule has 3 heteroatoms. The van der Waals surface area contributed by atoms with E-state index in [1.165, 1.54) is 24.2 Å². The maximum absolute atomic E-state index is 5.19. The average molecular weight is 289 g/mol. The van der Waals surface area contributed by atoms with Gasteiger partial charge in [-0.2, -0.15) is 11.8 Å². The number of methoxy groups -OCH3 is 1. The molecular weight excluding hydrogens is 272 g/mol. The highest BCUT2D eigenvalue weighted by Crippen LogP contribution is 2.27. The quantitative estimate of drug-likeness (QED) is 0.713. The molecule has 0 spiro atoms. The van der Waals surface area contributed by atoms with Crippen LogP contribution in [0, 0.1) is 0 Å². The SMILES string of the molecule is CCCCSCc1ccc(OC)c(Br)c1. The second-order valence-electron chi connectivity index (χ2n) is 3.38. The van der Waals surface area contributed by atoms with Crippen LogP contribution in [0.15, 0.2) is 22.7 Å². The number of halogens is 1. The second-order valence-corrected chi connectivity index (χ2v) is 5.33. The number of rotatable bonds is 6. The van der Waals surface area contributed by atoms with Crippen LogP contribution < -0.4 is 4.74 Å². The fraction of sp³-hybridized carbons (Fsp3) is 0.500. The van der Waals surface area contributed by atoms with Crippen LogP contribution in [0.3, 0.4) is 0 Å². The molecule has 0 aliphatic heterocycles. The molecule has 0 fully saturated rings. The zero-order chi connectivity index (χ0) is 11.1. The number of benzene rings is 1. The van der Waals surface area contributed by atoms with E-state index in [-0.39, 0.29) is 0 Å². The average Bonchev–Trinajstić information content (AvgIpc) is 2.25. The smallest absolute Gasteiger partial charge is 0.133 e. The highest BCUT2D eigenvalue weighted by Gasteiger charge is 2.01. The first-order chi connectivity index (χ1) is 7.27. The van der Waals surface area contributed by atoms with E-state index in [4.69, 9.17) is 4.74 Å². The largest absolute Gasteiger partial charge is 0.496 e. The van der Waals surface area contributed by atoms with Gasteiger partial charge in [0.2, 0.25) is 0 Å². The van der Waals surface area contributed by atoms with Crippen molar-refractivity contribution in [3.05, 3.63) is 28.2 Å². The third kappa shape index (κ3) is 4.47. The number of thioether (sulfide) groups is 1. The Hall–Kier alpha value is -0.150. The Labute approximate surface area is 105 Å². The second kappa shape index (κ2) is 7.18. The van der Waals surface area contributed by atoms with Crippen molar-refractivity contribution in [2.45, 2.75) is 25.5 Å². The van der Waals surface area contributed by atoms with E-state index in [9.17, 15) is 0 Å². The molecular formula is C12H17BrOS. The number of hydrogen-bond donors (Lipinski definition) is 0. The van der Waals surface area contributed by atoms with Crippen LogP contribution in [0.25, 0.3) is 0 Å². The first kappa shape index (κ1) is 12.9. The molecule has 0 radical (unpaired) electrons. The van der Waals surface area contributed by atoms with Gasteiger partial charge in [-0.1, -0.05) is 19.4 Å². The highest BCUT2D eigenvalue weighted by molar-refractivity contribution is 9.10. The summed E-state index contributed by atoms with van der Waals surface area (Å²) in [5.41, 5.74) is 1.35. The van der Waals surface area contributed by atoms with Gasteiger partial charge < -0.3 is 4.74 Å². The van der Waals surface area contributed by atoms with Gasteiger partial charge in [-0.05, 0) is 45.8 Å². The van der Waals surface area contributed by atoms with E-state index in [1.54, 1.807) is 7.11 Å². The molecule has 15 heavy (non-hydrogen) atoms. The predicted molar refractivity (Wildman–Crippen MR) is 71.8 cm³/mol. The molecule has 1 aromatic rings. The van der Waals surface area contributed by atoms with Crippen LogP contribution in [-0.2, 0) is 5.75 Å². The minimum absolute atomic E-state index is 0.900. The molecule has 0 heterocycles. The fourth-order valence-electron chi connectivity index (χ4n) is 1.24. The molecule has 1 aromatic carbocycles. The van der Waals surface area contributed by atoms with Crippen LogP contribution in [0.5, 0.6) is 5.75 Å². The first-order valence-corrected chi connectivity index (χ1v) is 7.13. The van der Waals surface area contributed by atoms with E-state index in [0.29, 0.717) is 0 Å². The number of unbranched alkanes of at least 4 members (excludes halogenated alkanes) is 1. The molecule has 0 aliphatic carbocycles. The van der Waals surface area contributed by atoms with Gasteiger partial charge in [0.05, 0.1) is 11.6 Å². The number of ether oxygens (including phenoxy) is 1. The lowest BCUT2D eigenvalue weighted by molar-refractivity contribution is 0.412. The van der Waals surface area contributed by atoms with Crippen LogP contribution in [0.4, 0.5) is 0 Å². The summed E-state index contributed by atoms with van der Waals surface area (Å²) >= 11 is 5.49. The van der Waals surface area contributed by atoms with Crippen LogP contribution in [0.2, 0.25) is 0 Å². The molecule has 0 bridgehead atoms. The Kier molecular flexibility index (Phi) is 6.18. The van der Waals surface area contributed by atoms with Crippen molar-refractivity contribution in [2.75, 3.05) is 12.9 Å². The van der Waals surface area contributed by atoms with Gasteiger partial charge in [0.1, 0.15) is 5.75 Å². The minimum Gasteiger partial charge on any atom is -0.496 e. The van der Waals surface area contributed by atoms with E-state index >= 15 is 0 Å².